The van der Waals surface area contributed by atoms with Crippen LogP contribution in [-0.2, 0) is 5.92 Å². The van der Waals surface area contributed by atoms with Crippen LogP contribution >= 0.6 is 0 Å². The highest BCUT2D eigenvalue weighted by atomic mass is 19.3. The summed E-state index contributed by atoms with van der Waals surface area (Å²) in [5, 5.41) is 2.47. The number of likely N-dealkylation sites (N-methyl/N-ethyl adjacent to an activating group) is 1. The highest BCUT2D eigenvalue weighted by Gasteiger charge is 2.32. The topological polar surface area (TPSA) is 24.9 Å². The fraction of sp³-hybridized carbons (Fsp3) is 0.545. The van der Waals surface area contributed by atoms with Gasteiger partial charge < -0.3 is 5.32 Å². The zero-order valence-electron chi connectivity index (χ0n) is 9.22. The van der Waals surface area contributed by atoms with E-state index in [2.05, 4.69) is 10.3 Å². The van der Waals surface area contributed by atoms with Gasteiger partial charge in [0.2, 0.25) is 0 Å². The standard InChI is InChI=1S/C11H16F2N2/c1-8(2)9-4-5-15-10(6-9)11(12,13)7-14-3/h4-6,8,14H,7H2,1-3H3. The molecule has 0 bridgehead atoms. The van der Waals surface area contributed by atoms with Gasteiger partial charge in [-0.2, -0.15) is 8.78 Å². The van der Waals surface area contributed by atoms with Crippen LogP contribution in [0.4, 0.5) is 8.78 Å². The maximum absolute atomic E-state index is 13.5. The molecule has 0 aliphatic rings. The van der Waals surface area contributed by atoms with Crippen molar-refractivity contribution in [2.75, 3.05) is 13.6 Å². The molecule has 1 rings (SSSR count). The first kappa shape index (κ1) is 12.0. The Morgan fingerprint density at radius 2 is 2.13 bits per heavy atom. The molecule has 0 aromatic carbocycles. The lowest BCUT2D eigenvalue weighted by molar-refractivity contribution is -0.00581. The second-order valence-electron chi connectivity index (χ2n) is 3.86. The number of halogens is 2. The summed E-state index contributed by atoms with van der Waals surface area (Å²) in [5.41, 5.74) is 0.721. The minimum atomic E-state index is -2.90. The smallest absolute Gasteiger partial charge is 0.301 e. The van der Waals surface area contributed by atoms with Crippen molar-refractivity contribution in [2.24, 2.45) is 0 Å². The molecule has 0 atom stereocenters. The summed E-state index contributed by atoms with van der Waals surface area (Å²) in [5.74, 6) is -2.67. The fourth-order valence-electron chi connectivity index (χ4n) is 1.32. The van der Waals surface area contributed by atoms with Crippen molar-refractivity contribution in [2.45, 2.75) is 25.7 Å². The molecule has 0 unspecified atom stereocenters. The Balaban J connectivity index is 2.99. The van der Waals surface area contributed by atoms with Crippen LogP contribution in [0, 0.1) is 0 Å². The lowest BCUT2D eigenvalue weighted by atomic mass is 10.0. The summed E-state index contributed by atoms with van der Waals surface area (Å²) in [6, 6.07) is 3.24. The molecule has 0 saturated carbocycles. The van der Waals surface area contributed by atoms with Crippen LogP contribution in [0.25, 0.3) is 0 Å². The molecule has 1 N–H and O–H groups in total. The summed E-state index contributed by atoms with van der Waals surface area (Å²) < 4.78 is 26.9. The SMILES string of the molecule is CNCC(F)(F)c1cc(C(C)C)ccn1. The van der Waals surface area contributed by atoms with E-state index in [4.69, 9.17) is 0 Å². The molecule has 84 valence electrons. The van der Waals surface area contributed by atoms with Crippen molar-refractivity contribution < 1.29 is 8.78 Å². The van der Waals surface area contributed by atoms with Gasteiger partial charge >= 0.3 is 5.92 Å². The molecule has 1 heterocycles. The number of hydrogen-bond acceptors (Lipinski definition) is 2. The Hall–Kier alpha value is -1.03. The van der Waals surface area contributed by atoms with Gasteiger partial charge in [-0.15, -0.1) is 0 Å². The summed E-state index contributed by atoms with van der Waals surface area (Å²) >= 11 is 0. The third-order valence-electron chi connectivity index (χ3n) is 2.22. The largest absolute Gasteiger partial charge is 0.314 e. The zero-order chi connectivity index (χ0) is 11.5. The van der Waals surface area contributed by atoms with E-state index in [1.54, 1.807) is 6.07 Å². The quantitative estimate of drug-likeness (QED) is 0.833. The van der Waals surface area contributed by atoms with Crippen molar-refractivity contribution in [3.8, 4) is 0 Å². The number of rotatable bonds is 4. The van der Waals surface area contributed by atoms with Crippen LogP contribution in [0.5, 0.6) is 0 Å². The van der Waals surface area contributed by atoms with Crippen molar-refractivity contribution in [1.29, 1.82) is 0 Å². The average Bonchev–Trinajstić information content (AvgIpc) is 2.18. The first-order valence-electron chi connectivity index (χ1n) is 4.96. The van der Waals surface area contributed by atoms with E-state index in [9.17, 15) is 8.78 Å². The van der Waals surface area contributed by atoms with Gasteiger partial charge in [0.25, 0.3) is 0 Å². The predicted octanol–water partition coefficient (Wildman–Crippen LogP) is 2.52. The van der Waals surface area contributed by atoms with E-state index < -0.39 is 5.92 Å². The fourth-order valence-corrected chi connectivity index (χ4v) is 1.32. The van der Waals surface area contributed by atoms with Gasteiger partial charge in [-0.3, -0.25) is 4.98 Å². The molecule has 0 amide bonds. The van der Waals surface area contributed by atoms with Crippen LogP contribution in [-0.4, -0.2) is 18.6 Å². The van der Waals surface area contributed by atoms with Crippen molar-refractivity contribution in [1.82, 2.24) is 10.3 Å². The Bertz CT molecular complexity index is 324. The first-order chi connectivity index (χ1) is 6.97. The minimum absolute atomic E-state index is 0.164. The van der Waals surface area contributed by atoms with Crippen LogP contribution < -0.4 is 5.32 Å². The number of nitrogens with zero attached hydrogens (tertiary/aromatic N) is 1. The lowest BCUT2D eigenvalue weighted by Crippen LogP contribution is -2.29. The van der Waals surface area contributed by atoms with E-state index in [0.717, 1.165) is 5.56 Å². The van der Waals surface area contributed by atoms with Gasteiger partial charge in [-0.25, -0.2) is 0 Å². The molecule has 15 heavy (non-hydrogen) atoms. The molecule has 1 aromatic rings. The molecule has 4 heteroatoms. The van der Waals surface area contributed by atoms with Crippen molar-refractivity contribution in [3.05, 3.63) is 29.6 Å². The zero-order valence-corrected chi connectivity index (χ0v) is 9.22. The molecular weight excluding hydrogens is 198 g/mol. The normalized spacial score (nSPS) is 12.1. The summed E-state index contributed by atoms with van der Waals surface area (Å²) in [6.07, 6.45) is 1.44. The first-order valence-corrected chi connectivity index (χ1v) is 4.96. The number of nitrogens with one attached hydrogen (secondary N) is 1. The third kappa shape index (κ3) is 2.96. The Kier molecular flexibility index (Phi) is 3.74. The number of pyridine rings is 1. The Morgan fingerprint density at radius 3 is 2.67 bits per heavy atom. The van der Waals surface area contributed by atoms with E-state index in [-0.39, 0.29) is 18.2 Å². The molecule has 0 radical (unpaired) electrons. The monoisotopic (exact) mass is 214 g/mol. The van der Waals surface area contributed by atoms with Crippen LogP contribution in [0.15, 0.2) is 18.3 Å². The highest BCUT2D eigenvalue weighted by Crippen LogP contribution is 2.27. The third-order valence-corrected chi connectivity index (χ3v) is 2.22. The molecule has 0 aliphatic heterocycles. The second-order valence-corrected chi connectivity index (χ2v) is 3.86. The maximum atomic E-state index is 13.5. The summed E-state index contributed by atoms with van der Waals surface area (Å²) in [4.78, 5) is 3.72. The molecule has 1 aromatic heterocycles. The van der Waals surface area contributed by atoms with Crippen LogP contribution in [0.2, 0.25) is 0 Å². The summed E-state index contributed by atoms with van der Waals surface area (Å²) in [6.45, 7) is 3.55. The van der Waals surface area contributed by atoms with E-state index in [0.29, 0.717) is 0 Å². The molecule has 0 fully saturated rings. The van der Waals surface area contributed by atoms with Gasteiger partial charge in [0.1, 0.15) is 5.69 Å². The van der Waals surface area contributed by atoms with Crippen molar-refractivity contribution in [3.63, 3.8) is 0 Å². The molecule has 2 nitrogen and oxygen atoms in total. The molecule has 0 saturated heterocycles. The molecular formula is C11H16F2N2. The molecule has 0 aliphatic carbocycles. The van der Waals surface area contributed by atoms with Gasteiger partial charge in [-0.1, -0.05) is 13.8 Å². The number of hydrogen-bond donors (Lipinski definition) is 1. The number of alkyl halides is 2. The summed E-state index contributed by atoms with van der Waals surface area (Å²) in [7, 11) is 1.50. The van der Waals surface area contributed by atoms with Crippen LogP contribution in [0.1, 0.15) is 31.0 Å². The minimum Gasteiger partial charge on any atom is -0.314 e. The van der Waals surface area contributed by atoms with E-state index in [1.165, 1.54) is 19.3 Å². The average molecular weight is 214 g/mol. The second kappa shape index (κ2) is 4.66. The van der Waals surface area contributed by atoms with Gasteiger partial charge in [0.15, 0.2) is 0 Å². The number of aromatic nitrogens is 1. The molecule has 0 spiro atoms. The Labute approximate surface area is 88.7 Å². The van der Waals surface area contributed by atoms with Gasteiger partial charge in [-0.05, 0) is 30.7 Å². The van der Waals surface area contributed by atoms with E-state index >= 15 is 0 Å². The Morgan fingerprint density at radius 1 is 1.47 bits per heavy atom. The lowest BCUT2D eigenvalue weighted by Gasteiger charge is -2.16. The predicted molar refractivity (Wildman–Crippen MR) is 56.1 cm³/mol. The van der Waals surface area contributed by atoms with Gasteiger partial charge in [0, 0.05) is 6.20 Å². The van der Waals surface area contributed by atoms with Crippen molar-refractivity contribution >= 4 is 0 Å². The van der Waals surface area contributed by atoms with Gasteiger partial charge in [0.05, 0.1) is 6.54 Å². The maximum Gasteiger partial charge on any atom is 0.301 e. The highest BCUT2D eigenvalue weighted by molar-refractivity contribution is 5.22. The van der Waals surface area contributed by atoms with Crippen LogP contribution in [0.3, 0.4) is 0 Å². The van der Waals surface area contributed by atoms with E-state index in [1.807, 2.05) is 13.8 Å².